The van der Waals surface area contributed by atoms with Crippen LogP contribution in [-0.4, -0.2) is 23.5 Å². The Balaban J connectivity index is 2.00. The molecule has 0 bridgehead atoms. The van der Waals surface area contributed by atoms with Crippen LogP contribution in [0.4, 0.5) is 5.69 Å². The molecule has 0 spiro atoms. The first-order valence-corrected chi connectivity index (χ1v) is 7.52. The maximum atomic E-state index is 11.9. The molecule has 3 N–H and O–H groups in total. The van der Waals surface area contributed by atoms with Crippen molar-refractivity contribution in [2.24, 2.45) is 0 Å². The second-order valence-electron chi connectivity index (χ2n) is 4.20. The molecule has 1 heterocycles. The Hall–Kier alpha value is -0.580. The van der Waals surface area contributed by atoms with Crippen molar-refractivity contribution in [2.75, 3.05) is 18.0 Å². The Labute approximate surface area is 120 Å². The predicted octanol–water partition coefficient (Wildman–Crippen LogP) is 3.20. The molecule has 0 aliphatic carbocycles. The van der Waals surface area contributed by atoms with E-state index in [2.05, 4.69) is 5.32 Å². The lowest BCUT2D eigenvalue weighted by Gasteiger charge is -2.11. The Bertz CT molecular complexity index is 438. The average Bonchev–Trinajstić information content (AvgIpc) is 2.85. The molecule has 0 saturated carbocycles. The molecule has 1 saturated heterocycles. The van der Waals surface area contributed by atoms with Crippen molar-refractivity contribution in [2.45, 2.75) is 18.1 Å². The van der Waals surface area contributed by atoms with E-state index in [1.165, 1.54) is 12.2 Å². The Morgan fingerprint density at radius 1 is 1.44 bits per heavy atom. The number of carbonyl (C=O) groups excluding carboxylic acids is 1. The van der Waals surface area contributed by atoms with Crippen LogP contribution in [0.1, 0.15) is 23.2 Å². The predicted molar refractivity (Wildman–Crippen MR) is 78.7 cm³/mol. The van der Waals surface area contributed by atoms with Crippen molar-refractivity contribution in [3.05, 3.63) is 27.7 Å². The van der Waals surface area contributed by atoms with Crippen LogP contribution in [0.25, 0.3) is 0 Å². The third-order valence-corrected chi connectivity index (χ3v) is 4.88. The van der Waals surface area contributed by atoms with Gasteiger partial charge in [0, 0.05) is 17.4 Å². The van der Waals surface area contributed by atoms with Crippen molar-refractivity contribution in [3.8, 4) is 0 Å². The first kappa shape index (κ1) is 13.8. The van der Waals surface area contributed by atoms with E-state index in [0.29, 0.717) is 33.1 Å². The van der Waals surface area contributed by atoms with E-state index >= 15 is 0 Å². The molecule has 1 aliphatic rings. The van der Waals surface area contributed by atoms with Crippen LogP contribution in [0.3, 0.4) is 0 Å². The van der Waals surface area contributed by atoms with Crippen molar-refractivity contribution < 1.29 is 4.79 Å². The van der Waals surface area contributed by atoms with Gasteiger partial charge in [0.05, 0.1) is 15.7 Å². The molecular weight excluding hydrogens is 291 g/mol. The van der Waals surface area contributed by atoms with Crippen LogP contribution in [0.5, 0.6) is 0 Å². The maximum Gasteiger partial charge on any atom is 0.251 e. The number of amides is 1. The van der Waals surface area contributed by atoms with Gasteiger partial charge in [0.15, 0.2) is 0 Å². The molecule has 6 heteroatoms. The van der Waals surface area contributed by atoms with E-state index in [4.69, 9.17) is 28.9 Å². The second kappa shape index (κ2) is 6.04. The highest BCUT2D eigenvalue weighted by molar-refractivity contribution is 8.00. The number of anilines is 1. The first-order valence-electron chi connectivity index (χ1n) is 5.72. The summed E-state index contributed by atoms with van der Waals surface area (Å²) >= 11 is 13.7. The number of hydrogen-bond donors (Lipinski definition) is 2. The number of nitrogens with one attached hydrogen (secondary N) is 1. The van der Waals surface area contributed by atoms with Gasteiger partial charge in [0.1, 0.15) is 0 Å². The quantitative estimate of drug-likeness (QED) is 0.843. The molecule has 1 fully saturated rings. The molecular formula is C12H14Cl2N2OS. The number of nitrogens with two attached hydrogens (primary N) is 1. The Kier molecular flexibility index (Phi) is 4.65. The van der Waals surface area contributed by atoms with Crippen LogP contribution in [0.15, 0.2) is 12.1 Å². The molecule has 1 unspecified atom stereocenters. The summed E-state index contributed by atoms with van der Waals surface area (Å²) in [5.41, 5.74) is 6.38. The number of carbonyl (C=O) groups is 1. The minimum atomic E-state index is -0.161. The number of hydrogen-bond acceptors (Lipinski definition) is 3. The number of benzene rings is 1. The fourth-order valence-corrected chi connectivity index (χ4v) is 3.52. The van der Waals surface area contributed by atoms with Gasteiger partial charge in [-0.2, -0.15) is 11.8 Å². The van der Waals surface area contributed by atoms with Crippen LogP contribution in [-0.2, 0) is 0 Å². The van der Waals surface area contributed by atoms with Gasteiger partial charge in [-0.1, -0.05) is 23.2 Å². The molecule has 98 valence electrons. The molecule has 18 heavy (non-hydrogen) atoms. The largest absolute Gasteiger partial charge is 0.396 e. The van der Waals surface area contributed by atoms with Gasteiger partial charge in [-0.05, 0) is 30.7 Å². The monoisotopic (exact) mass is 304 g/mol. The van der Waals surface area contributed by atoms with Crippen LogP contribution >= 0.6 is 35.0 Å². The van der Waals surface area contributed by atoms with E-state index in [9.17, 15) is 4.79 Å². The molecule has 1 aromatic rings. The van der Waals surface area contributed by atoms with E-state index in [-0.39, 0.29) is 5.91 Å². The lowest BCUT2D eigenvalue weighted by atomic mass is 10.2. The minimum absolute atomic E-state index is 0.161. The average molecular weight is 305 g/mol. The van der Waals surface area contributed by atoms with Gasteiger partial charge in [-0.15, -0.1) is 0 Å². The minimum Gasteiger partial charge on any atom is -0.396 e. The van der Waals surface area contributed by atoms with Crippen LogP contribution < -0.4 is 11.1 Å². The fraction of sp³-hybridized carbons (Fsp3) is 0.417. The molecule has 1 aliphatic heterocycles. The summed E-state index contributed by atoms with van der Waals surface area (Å²) in [7, 11) is 0. The van der Waals surface area contributed by atoms with E-state index in [1.807, 2.05) is 11.8 Å². The zero-order valence-corrected chi connectivity index (χ0v) is 12.0. The number of halogens is 2. The lowest BCUT2D eigenvalue weighted by molar-refractivity contribution is 0.0953. The Morgan fingerprint density at radius 3 is 2.67 bits per heavy atom. The lowest BCUT2D eigenvalue weighted by Crippen LogP contribution is -2.29. The summed E-state index contributed by atoms with van der Waals surface area (Å²) in [6.45, 7) is 0.684. The van der Waals surface area contributed by atoms with Crippen molar-refractivity contribution >= 4 is 46.6 Å². The van der Waals surface area contributed by atoms with E-state index in [0.717, 1.165) is 6.42 Å². The summed E-state index contributed by atoms with van der Waals surface area (Å²) in [4.78, 5) is 11.9. The topological polar surface area (TPSA) is 55.1 Å². The highest BCUT2D eigenvalue weighted by Gasteiger charge is 2.17. The number of nitrogen functional groups attached to an aromatic ring is 1. The normalized spacial score (nSPS) is 18.9. The van der Waals surface area contributed by atoms with Gasteiger partial charge in [-0.25, -0.2) is 0 Å². The van der Waals surface area contributed by atoms with Crippen LogP contribution in [0.2, 0.25) is 10.0 Å². The maximum absolute atomic E-state index is 11.9. The smallest absolute Gasteiger partial charge is 0.251 e. The van der Waals surface area contributed by atoms with Crippen molar-refractivity contribution in [1.82, 2.24) is 5.32 Å². The second-order valence-corrected chi connectivity index (χ2v) is 6.42. The first-order chi connectivity index (χ1) is 8.58. The standard InChI is InChI=1S/C12H14Cl2N2OS/c13-9-4-7(5-10(14)11(9)15)12(17)16-6-8-2-1-3-18-8/h4-5,8H,1-3,6,15H2,(H,16,17). The molecule has 1 atom stereocenters. The highest BCUT2D eigenvalue weighted by atomic mass is 35.5. The molecule has 2 rings (SSSR count). The number of rotatable bonds is 3. The third-order valence-electron chi connectivity index (χ3n) is 2.86. The van der Waals surface area contributed by atoms with Crippen molar-refractivity contribution in [3.63, 3.8) is 0 Å². The third kappa shape index (κ3) is 3.25. The van der Waals surface area contributed by atoms with Gasteiger partial charge >= 0.3 is 0 Å². The van der Waals surface area contributed by atoms with Gasteiger partial charge < -0.3 is 11.1 Å². The van der Waals surface area contributed by atoms with E-state index < -0.39 is 0 Å². The SMILES string of the molecule is Nc1c(Cl)cc(C(=O)NCC2CCCS2)cc1Cl. The van der Waals surface area contributed by atoms with Gasteiger partial charge in [-0.3, -0.25) is 4.79 Å². The summed E-state index contributed by atoms with van der Waals surface area (Å²) in [6, 6.07) is 3.08. The van der Waals surface area contributed by atoms with Crippen LogP contribution in [0, 0.1) is 0 Å². The zero-order valence-electron chi connectivity index (χ0n) is 9.71. The van der Waals surface area contributed by atoms with E-state index in [1.54, 1.807) is 12.1 Å². The summed E-state index contributed by atoms with van der Waals surface area (Å²) < 4.78 is 0. The molecule has 0 radical (unpaired) electrons. The highest BCUT2D eigenvalue weighted by Crippen LogP contribution is 2.29. The summed E-state index contributed by atoms with van der Waals surface area (Å²) in [5, 5.41) is 4.04. The molecule has 0 aromatic heterocycles. The number of thioether (sulfide) groups is 1. The summed E-state index contributed by atoms with van der Waals surface area (Å²) in [6.07, 6.45) is 2.39. The van der Waals surface area contributed by atoms with Gasteiger partial charge in [0.25, 0.3) is 5.91 Å². The van der Waals surface area contributed by atoms with Gasteiger partial charge in [0.2, 0.25) is 0 Å². The molecule has 3 nitrogen and oxygen atoms in total. The molecule has 1 aromatic carbocycles. The Morgan fingerprint density at radius 2 is 2.11 bits per heavy atom. The molecule has 1 amide bonds. The fourth-order valence-electron chi connectivity index (χ4n) is 1.83. The zero-order chi connectivity index (χ0) is 13.1. The van der Waals surface area contributed by atoms with Crippen molar-refractivity contribution in [1.29, 1.82) is 0 Å². The summed E-state index contributed by atoms with van der Waals surface area (Å²) in [5.74, 6) is 1.02.